The lowest BCUT2D eigenvalue weighted by Gasteiger charge is -2.35. The van der Waals surface area contributed by atoms with E-state index in [2.05, 4.69) is 15.6 Å². The molecule has 1 saturated heterocycles. The SMILES string of the molecule is Cc1ccc(S(=O)(=O)OCCCCCOCCOCCC(=O)N[C@H](C(=O)N2C[C@H](O)C[C@H]2C(=O)NCc2ccc(-c3scnc3C)cc2)C(C)(C)C)cc1. The van der Waals surface area contributed by atoms with Crippen molar-refractivity contribution in [2.45, 2.75) is 96.4 Å². The summed E-state index contributed by atoms with van der Waals surface area (Å²) < 4.78 is 40.7. The Kier molecular flexibility index (Phi) is 16.1. The Labute approximate surface area is 322 Å². The summed E-state index contributed by atoms with van der Waals surface area (Å²) in [6, 6.07) is 12.6. The van der Waals surface area contributed by atoms with E-state index >= 15 is 0 Å². The van der Waals surface area contributed by atoms with Crippen LogP contribution in [0, 0.1) is 19.3 Å². The molecule has 4 rings (SSSR count). The topological polar surface area (TPSA) is 173 Å². The van der Waals surface area contributed by atoms with Crippen LogP contribution in [0.5, 0.6) is 0 Å². The lowest BCUT2D eigenvalue weighted by Crippen LogP contribution is -2.57. The standard InChI is InChI=1S/C39H54N4O9S2/c1-27-9-15-32(16-10-27)54(48,49)52-19-8-6-7-18-50-21-22-51-20-17-34(45)42-36(39(3,4)5)38(47)43-25-31(44)23-33(43)37(46)40-24-29-11-13-30(14-12-29)35-28(2)41-26-53-35/h9-16,26,31,33,36,44H,6-8,17-25H2,1-5H3,(H,40,46)(H,42,45)/t31-,33+,36-/m1/s1. The van der Waals surface area contributed by atoms with Crippen LogP contribution in [-0.2, 0) is 44.7 Å². The second-order valence-electron chi connectivity index (χ2n) is 14.6. The maximum atomic E-state index is 13.8. The van der Waals surface area contributed by atoms with Crippen molar-refractivity contribution in [3.8, 4) is 10.4 Å². The van der Waals surface area contributed by atoms with Crippen molar-refractivity contribution in [1.29, 1.82) is 0 Å². The zero-order chi connectivity index (χ0) is 39.3. The number of nitrogens with zero attached hydrogens (tertiary/aromatic N) is 2. The van der Waals surface area contributed by atoms with Crippen molar-refractivity contribution in [2.75, 3.05) is 39.6 Å². The van der Waals surface area contributed by atoms with Gasteiger partial charge in [0, 0.05) is 32.5 Å². The first kappa shape index (κ1) is 43.0. The number of ether oxygens (including phenoxy) is 2. The van der Waals surface area contributed by atoms with E-state index in [4.69, 9.17) is 13.7 Å². The van der Waals surface area contributed by atoms with Crippen LogP contribution in [0.25, 0.3) is 10.4 Å². The predicted octanol–water partition coefficient (Wildman–Crippen LogP) is 4.53. The number of carbonyl (C=O) groups excluding carboxylic acids is 3. The van der Waals surface area contributed by atoms with E-state index in [0.29, 0.717) is 19.6 Å². The van der Waals surface area contributed by atoms with Gasteiger partial charge in [-0.25, -0.2) is 4.98 Å². The number of carbonyl (C=O) groups is 3. The molecule has 3 aromatic rings. The Balaban J connectivity index is 1.12. The molecule has 1 fully saturated rings. The lowest BCUT2D eigenvalue weighted by atomic mass is 9.85. The molecule has 3 atom stereocenters. The first-order chi connectivity index (χ1) is 25.7. The van der Waals surface area contributed by atoms with Crippen LogP contribution < -0.4 is 10.6 Å². The molecule has 3 N–H and O–H groups in total. The molecular formula is C39H54N4O9S2. The fourth-order valence-corrected chi connectivity index (χ4v) is 7.68. The Hall–Kier alpha value is -3.73. The van der Waals surface area contributed by atoms with E-state index in [-0.39, 0.29) is 62.5 Å². The summed E-state index contributed by atoms with van der Waals surface area (Å²) in [4.78, 5) is 47.0. The highest BCUT2D eigenvalue weighted by molar-refractivity contribution is 7.86. The fourth-order valence-electron chi connectivity index (χ4n) is 5.92. The Morgan fingerprint density at radius 1 is 0.944 bits per heavy atom. The molecule has 1 aliphatic rings. The maximum absolute atomic E-state index is 13.8. The van der Waals surface area contributed by atoms with E-state index in [1.54, 1.807) is 23.5 Å². The fraction of sp³-hybridized carbons (Fsp3) is 0.538. The summed E-state index contributed by atoms with van der Waals surface area (Å²) in [6.45, 7) is 10.9. The molecule has 0 unspecified atom stereocenters. The molecule has 13 nitrogen and oxygen atoms in total. The van der Waals surface area contributed by atoms with Crippen LogP contribution in [0.3, 0.4) is 0 Å². The van der Waals surface area contributed by atoms with Crippen LogP contribution in [0.15, 0.2) is 58.9 Å². The molecule has 2 heterocycles. The van der Waals surface area contributed by atoms with Gasteiger partial charge in [0.15, 0.2) is 0 Å². The third-order valence-corrected chi connectivity index (χ3v) is 11.3. The summed E-state index contributed by atoms with van der Waals surface area (Å²) >= 11 is 1.57. The average molecular weight is 787 g/mol. The molecule has 0 radical (unpaired) electrons. The summed E-state index contributed by atoms with van der Waals surface area (Å²) in [7, 11) is -3.76. The third-order valence-electron chi connectivity index (χ3n) is 9.04. The lowest BCUT2D eigenvalue weighted by molar-refractivity contribution is -0.144. The highest BCUT2D eigenvalue weighted by Gasteiger charge is 2.44. The molecule has 15 heteroatoms. The van der Waals surface area contributed by atoms with Gasteiger partial charge >= 0.3 is 0 Å². The molecule has 1 aliphatic heterocycles. The van der Waals surface area contributed by atoms with Gasteiger partial charge in [0.2, 0.25) is 17.7 Å². The number of nitrogens with one attached hydrogen (secondary N) is 2. The molecule has 296 valence electrons. The average Bonchev–Trinajstić information content (AvgIpc) is 3.74. The summed E-state index contributed by atoms with van der Waals surface area (Å²) in [5.74, 6) is -1.16. The van der Waals surface area contributed by atoms with Gasteiger partial charge < -0.3 is 30.1 Å². The number of β-amino-alcohol motifs (C(OH)–C–C–N with tert-alkyl or cyclic N) is 1. The molecule has 0 saturated carbocycles. The highest BCUT2D eigenvalue weighted by atomic mass is 32.2. The summed E-state index contributed by atoms with van der Waals surface area (Å²) in [5.41, 5.74) is 5.02. The first-order valence-electron chi connectivity index (χ1n) is 18.3. The van der Waals surface area contributed by atoms with Crippen LogP contribution >= 0.6 is 11.3 Å². The second kappa shape index (κ2) is 20.3. The number of unbranched alkanes of at least 4 members (excludes halogenated alkanes) is 2. The number of hydrogen-bond acceptors (Lipinski definition) is 11. The van der Waals surface area contributed by atoms with E-state index in [9.17, 15) is 27.9 Å². The highest BCUT2D eigenvalue weighted by Crippen LogP contribution is 2.28. The number of aliphatic hydroxyl groups is 1. The summed E-state index contributed by atoms with van der Waals surface area (Å²) in [6.07, 6.45) is 1.32. The zero-order valence-corrected chi connectivity index (χ0v) is 33.5. The number of rotatable bonds is 20. The third kappa shape index (κ3) is 12.9. The molecule has 2 aromatic carbocycles. The van der Waals surface area contributed by atoms with Crippen molar-refractivity contribution in [1.82, 2.24) is 20.5 Å². The predicted molar refractivity (Wildman–Crippen MR) is 206 cm³/mol. The van der Waals surface area contributed by atoms with Crippen molar-refractivity contribution < 1.29 is 41.6 Å². The minimum absolute atomic E-state index is 0.00488. The first-order valence-corrected chi connectivity index (χ1v) is 20.6. The number of amides is 3. The van der Waals surface area contributed by atoms with E-state index in [0.717, 1.165) is 40.1 Å². The van der Waals surface area contributed by atoms with Crippen molar-refractivity contribution >= 4 is 39.2 Å². The molecule has 0 spiro atoms. The number of likely N-dealkylation sites (tertiary alicyclic amines) is 1. The van der Waals surface area contributed by atoms with Crippen LogP contribution in [0.2, 0.25) is 0 Å². The minimum atomic E-state index is -3.76. The molecule has 3 amide bonds. The number of aliphatic hydroxyl groups excluding tert-OH is 1. The second-order valence-corrected chi connectivity index (χ2v) is 17.0. The Morgan fingerprint density at radius 2 is 1.61 bits per heavy atom. The number of thiazole rings is 1. The molecule has 54 heavy (non-hydrogen) atoms. The molecule has 1 aromatic heterocycles. The summed E-state index contributed by atoms with van der Waals surface area (Å²) in [5, 5.41) is 16.2. The van der Waals surface area contributed by atoms with Gasteiger partial charge in [-0.2, -0.15) is 8.42 Å². The van der Waals surface area contributed by atoms with Crippen LogP contribution in [-0.4, -0.2) is 98.9 Å². The largest absolute Gasteiger partial charge is 0.391 e. The number of aromatic nitrogens is 1. The number of benzene rings is 2. The molecule has 0 aliphatic carbocycles. The van der Waals surface area contributed by atoms with Gasteiger partial charge in [-0.1, -0.05) is 62.7 Å². The van der Waals surface area contributed by atoms with Crippen LogP contribution in [0.1, 0.15) is 69.7 Å². The zero-order valence-electron chi connectivity index (χ0n) is 31.8. The normalized spacial score (nSPS) is 16.7. The smallest absolute Gasteiger partial charge is 0.296 e. The molecular weight excluding hydrogens is 733 g/mol. The van der Waals surface area contributed by atoms with Gasteiger partial charge in [0.05, 0.1) is 53.5 Å². The van der Waals surface area contributed by atoms with Crippen molar-refractivity contribution in [2.24, 2.45) is 5.41 Å². The van der Waals surface area contributed by atoms with E-state index < -0.39 is 39.6 Å². The van der Waals surface area contributed by atoms with E-state index in [1.807, 2.05) is 64.4 Å². The van der Waals surface area contributed by atoms with Crippen molar-refractivity contribution in [3.63, 3.8) is 0 Å². The molecule has 0 bridgehead atoms. The van der Waals surface area contributed by atoms with Gasteiger partial charge in [0.25, 0.3) is 10.1 Å². The monoisotopic (exact) mass is 786 g/mol. The Bertz CT molecular complexity index is 1770. The van der Waals surface area contributed by atoms with Crippen molar-refractivity contribution in [3.05, 3.63) is 70.9 Å². The quantitative estimate of drug-likeness (QED) is 0.109. The number of aryl methyl sites for hydroxylation is 2. The van der Waals surface area contributed by atoms with Gasteiger partial charge in [-0.3, -0.25) is 18.6 Å². The van der Waals surface area contributed by atoms with Gasteiger partial charge in [0.1, 0.15) is 12.1 Å². The minimum Gasteiger partial charge on any atom is -0.391 e. The van der Waals surface area contributed by atoms with Crippen LogP contribution in [0.4, 0.5) is 0 Å². The van der Waals surface area contributed by atoms with E-state index in [1.165, 1.54) is 17.0 Å². The maximum Gasteiger partial charge on any atom is 0.296 e. The number of hydrogen-bond donors (Lipinski definition) is 3. The Morgan fingerprint density at radius 3 is 2.26 bits per heavy atom. The van der Waals surface area contributed by atoms with Gasteiger partial charge in [-0.05, 0) is 61.8 Å². The van der Waals surface area contributed by atoms with Gasteiger partial charge in [-0.15, -0.1) is 11.3 Å².